The molecule has 0 spiro atoms. The lowest BCUT2D eigenvalue weighted by atomic mass is 10.1. The SMILES string of the molecule is CN1CC(=O)N(Cc2ccc(F)cc2CN)C1=O. The van der Waals surface area contributed by atoms with Gasteiger partial charge in [-0.15, -0.1) is 0 Å². The van der Waals surface area contributed by atoms with Crippen molar-refractivity contribution < 1.29 is 14.0 Å². The maximum absolute atomic E-state index is 13.1. The summed E-state index contributed by atoms with van der Waals surface area (Å²) in [6.07, 6.45) is 0. The van der Waals surface area contributed by atoms with Gasteiger partial charge in [0.15, 0.2) is 0 Å². The average Bonchev–Trinajstić information content (AvgIpc) is 2.58. The van der Waals surface area contributed by atoms with Gasteiger partial charge in [0, 0.05) is 13.6 Å². The van der Waals surface area contributed by atoms with E-state index >= 15 is 0 Å². The maximum atomic E-state index is 13.1. The molecule has 1 fully saturated rings. The molecule has 0 saturated carbocycles. The fourth-order valence-electron chi connectivity index (χ4n) is 1.93. The van der Waals surface area contributed by atoms with E-state index in [-0.39, 0.29) is 37.4 Å². The quantitative estimate of drug-likeness (QED) is 0.803. The summed E-state index contributed by atoms with van der Waals surface area (Å²) in [4.78, 5) is 25.8. The average molecular weight is 251 g/mol. The Balaban J connectivity index is 2.24. The van der Waals surface area contributed by atoms with Crippen LogP contribution in [0.2, 0.25) is 0 Å². The van der Waals surface area contributed by atoms with Gasteiger partial charge in [-0.2, -0.15) is 0 Å². The Morgan fingerprint density at radius 2 is 2.06 bits per heavy atom. The highest BCUT2D eigenvalue weighted by Crippen LogP contribution is 2.17. The number of halogens is 1. The van der Waals surface area contributed by atoms with Gasteiger partial charge in [-0.05, 0) is 23.3 Å². The van der Waals surface area contributed by atoms with E-state index in [4.69, 9.17) is 5.73 Å². The summed E-state index contributed by atoms with van der Waals surface area (Å²) >= 11 is 0. The third-order valence-corrected chi connectivity index (χ3v) is 2.95. The minimum absolute atomic E-state index is 0.0813. The van der Waals surface area contributed by atoms with Crippen LogP contribution >= 0.6 is 0 Å². The zero-order valence-corrected chi connectivity index (χ0v) is 10.0. The summed E-state index contributed by atoms with van der Waals surface area (Å²) in [6.45, 7) is 0.381. The second kappa shape index (κ2) is 4.73. The Morgan fingerprint density at radius 1 is 1.33 bits per heavy atom. The zero-order valence-electron chi connectivity index (χ0n) is 10.0. The van der Waals surface area contributed by atoms with Gasteiger partial charge in [-0.25, -0.2) is 9.18 Å². The van der Waals surface area contributed by atoms with Crippen molar-refractivity contribution >= 4 is 11.9 Å². The monoisotopic (exact) mass is 251 g/mol. The van der Waals surface area contributed by atoms with Crippen molar-refractivity contribution in [3.8, 4) is 0 Å². The minimum atomic E-state index is -0.379. The molecule has 0 radical (unpaired) electrons. The molecule has 0 bridgehead atoms. The molecule has 0 atom stereocenters. The molecule has 0 aliphatic carbocycles. The Morgan fingerprint density at radius 3 is 2.61 bits per heavy atom. The lowest BCUT2D eigenvalue weighted by Gasteiger charge is -2.16. The third-order valence-electron chi connectivity index (χ3n) is 2.95. The normalized spacial score (nSPS) is 15.7. The van der Waals surface area contributed by atoms with E-state index < -0.39 is 0 Å². The van der Waals surface area contributed by atoms with E-state index in [1.54, 1.807) is 13.1 Å². The molecular formula is C12H14FN3O2. The molecule has 18 heavy (non-hydrogen) atoms. The topological polar surface area (TPSA) is 66.6 Å². The van der Waals surface area contributed by atoms with Crippen LogP contribution in [0, 0.1) is 5.82 Å². The second-order valence-corrected chi connectivity index (χ2v) is 4.24. The molecule has 3 amide bonds. The van der Waals surface area contributed by atoms with Crippen LogP contribution in [0.25, 0.3) is 0 Å². The molecule has 1 aromatic rings. The highest BCUT2D eigenvalue weighted by Gasteiger charge is 2.33. The number of likely N-dealkylation sites (N-methyl/N-ethyl adjacent to an activating group) is 1. The van der Waals surface area contributed by atoms with E-state index in [0.29, 0.717) is 11.1 Å². The molecule has 2 N–H and O–H groups in total. The molecule has 1 heterocycles. The molecule has 0 unspecified atom stereocenters. The predicted molar refractivity (Wildman–Crippen MR) is 62.9 cm³/mol. The van der Waals surface area contributed by atoms with Crippen LogP contribution in [0.15, 0.2) is 18.2 Å². The van der Waals surface area contributed by atoms with E-state index in [9.17, 15) is 14.0 Å². The van der Waals surface area contributed by atoms with Crippen molar-refractivity contribution in [1.29, 1.82) is 0 Å². The number of nitrogens with two attached hydrogens (primary N) is 1. The van der Waals surface area contributed by atoms with Gasteiger partial charge in [0.2, 0.25) is 0 Å². The van der Waals surface area contributed by atoms with Gasteiger partial charge in [0.05, 0.1) is 6.54 Å². The van der Waals surface area contributed by atoms with Crippen LogP contribution < -0.4 is 5.73 Å². The van der Waals surface area contributed by atoms with E-state index in [0.717, 1.165) is 4.90 Å². The number of carbonyl (C=O) groups excluding carboxylic acids is 2. The number of nitrogens with zero attached hydrogens (tertiary/aromatic N) is 2. The van der Waals surface area contributed by atoms with Gasteiger partial charge >= 0.3 is 6.03 Å². The Kier molecular flexibility index (Phi) is 3.29. The first kappa shape index (κ1) is 12.5. The summed E-state index contributed by atoms with van der Waals surface area (Å²) in [5.41, 5.74) is 6.82. The highest BCUT2D eigenvalue weighted by molar-refractivity contribution is 6.01. The molecule has 1 aliphatic rings. The highest BCUT2D eigenvalue weighted by atomic mass is 19.1. The summed E-state index contributed by atoms with van der Waals surface area (Å²) in [5, 5.41) is 0. The van der Waals surface area contributed by atoms with Crippen LogP contribution in [0.1, 0.15) is 11.1 Å². The lowest BCUT2D eigenvalue weighted by Crippen LogP contribution is -2.31. The second-order valence-electron chi connectivity index (χ2n) is 4.24. The number of hydrogen-bond acceptors (Lipinski definition) is 3. The number of amides is 3. The van der Waals surface area contributed by atoms with Crippen LogP contribution in [-0.2, 0) is 17.9 Å². The fourth-order valence-corrected chi connectivity index (χ4v) is 1.93. The Labute approximate surface area is 104 Å². The molecular weight excluding hydrogens is 237 g/mol. The van der Waals surface area contributed by atoms with Crippen molar-refractivity contribution in [3.63, 3.8) is 0 Å². The number of rotatable bonds is 3. The minimum Gasteiger partial charge on any atom is -0.326 e. The van der Waals surface area contributed by atoms with Crippen molar-refractivity contribution in [2.75, 3.05) is 13.6 Å². The van der Waals surface area contributed by atoms with Gasteiger partial charge < -0.3 is 10.6 Å². The lowest BCUT2D eigenvalue weighted by molar-refractivity contribution is -0.125. The van der Waals surface area contributed by atoms with Gasteiger partial charge in [-0.1, -0.05) is 6.07 Å². The molecule has 5 nitrogen and oxygen atoms in total. The number of urea groups is 1. The molecule has 1 saturated heterocycles. The van der Waals surface area contributed by atoms with Crippen molar-refractivity contribution in [2.45, 2.75) is 13.1 Å². The number of hydrogen-bond donors (Lipinski definition) is 1. The van der Waals surface area contributed by atoms with Gasteiger partial charge in [0.1, 0.15) is 12.4 Å². The predicted octanol–water partition coefficient (Wildman–Crippen LogP) is 0.678. The van der Waals surface area contributed by atoms with Crippen LogP contribution in [0.4, 0.5) is 9.18 Å². The van der Waals surface area contributed by atoms with E-state index in [1.807, 2.05) is 0 Å². The summed E-state index contributed by atoms with van der Waals surface area (Å²) in [7, 11) is 1.56. The van der Waals surface area contributed by atoms with Crippen LogP contribution in [0.5, 0.6) is 0 Å². The Bertz CT molecular complexity index is 504. The first-order chi connectivity index (χ1) is 8.52. The summed E-state index contributed by atoms with van der Waals surface area (Å²) in [6, 6.07) is 3.83. The molecule has 6 heteroatoms. The van der Waals surface area contributed by atoms with E-state index in [1.165, 1.54) is 17.0 Å². The molecule has 1 aliphatic heterocycles. The summed E-state index contributed by atoms with van der Waals surface area (Å²) in [5.74, 6) is -0.634. The molecule has 2 rings (SSSR count). The zero-order chi connectivity index (χ0) is 13.3. The molecule has 96 valence electrons. The standard InChI is InChI=1S/C12H14FN3O2/c1-15-7-11(17)16(12(15)18)6-8-2-3-10(13)4-9(8)5-14/h2-4H,5-7,14H2,1H3. The van der Waals surface area contributed by atoms with Crippen molar-refractivity contribution in [1.82, 2.24) is 9.80 Å². The fraction of sp³-hybridized carbons (Fsp3) is 0.333. The summed E-state index contributed by atoms with van der Waals surface area (Å²) < 4.78 is 13.1. The van der Waals surface area contributed by atoms with E-state index in [2.05, 4.69) is 0 Å². The Hall–Kier alpha value is -1.95. The molecule has 1 aromatic carbocycles. The largest absolute Gasteiger partial charge is 0.327 e. The third kappa shape index (κ3) is 2.19. The first-order valence-corrected chi connectivity index (χ1v) is 5.55. The smallest absolute Gasteiger partial charge is 0.326 e. The van der Waals surface area contributed by atoms with Gasteiger partial charge in [-0.3, -0.25) is 9.69 Å². The maximum Gasteiger partial charge on any atom is 0.327 e. The van der Waals surface area contributed by atoms with Gasteiger partial charge in [0.25, 0.3) is 5.91 Å². The van der Waals surface area contributed by atoms with Crippen LogP contribution in [-0.4, -0.2) is 35.3 Å². The number of carbonyl (C=O) groups is 2. The van der Waals surface area contributed by atoms with Crippen LogP contribution in [0.3, 0.4) is 0 Å². The number of benzene rings is 1. The number of imide groups is 1. The first-order valence-electron chi connectivity index (χ1n) is 5.55. The van der Waals surface area contributed by atoms with Crippen molar-refractivity contribution in [2.24, 2.45) is 5.73 Å². The molecule has 0 aromatic heterocycles. The van der Waals surface area contributed by atoms with Crippen molar-refractivity contribution in [3.05, 3.63) is 35.1 Å².